The number of fused-ring (bicyclic) bond motifs is 1. The number of carbonyl (C=O) groups is 1. The quantitative estimate of drug-likeness (QED) is 0.400. The van der Waals surface area contributed by atoms with E-state index in [0.717, 1.165) is 28.1 Å². The largest absolute Gasteiger partial charge is 0.333 e. The fraction of sp³-hybridized carbons (Fsp3) is 0.320. The van der Waals surface area contributed by atoms with Crippen molar-refractivity contribution in [2.45, 2.75) is 47.6 Å². The summed E-state index contributed by atoms with van der Waals surface area (Å²) in [6.45, 7) is 11.3. The molecule has 0 spiro atoms. The van der Waals surface area contributed by atoms with Crippen molar-refractivity contribution < 1.29 is 4.79 Å². The SMILES string of the molecule is CCc1nc2n(-c3c(C)cc(C)cc3C)c(Cl)cn2c1C(=O)N(CC)Cc1ccncc1. The summed E-state index contributed by atoms with van der Waals surface area (Å²) >= 11 is 6.71. The van der Waals surface area contributed by atoms with E-state index in [1.807, 2.05) is 39.8 Å². The van der Waals surface area contributed by atoms with E-state index in [2.05, 4.69) is 37.9 Å². The number of hydrogen-bond acceptors (Lipinski definition) is 3. The van der Waals surface area contributed by atoms with Crippen molar-refractivity contribution in [2.75, 3.05) is 6.54 Å². The van der Waals surface area contributed by atoms with Crippen LogP contribution in [0.5, 0.6) is 0 Å². The first kappa shape index (κ1) is 22.1. The first-order valence-electron chi connectivity index (χ1n) is 10.9. The fourth-order valence-electron chi connectivity index (χ4n) is 4.40. The Hall–Kier alpha value is -3.12. The van der Waals surface area contributed by atoms with Crippen LogP contribution in [0.1, 0.15) is 52.3 Å². The van der Waals surface area contributed by atoms with Crippen molar-refractivity contribution in [2.24, 2.45) is 0 Å². The molecule has 32 heavy (non-hydrogen) atoms. The highest BCUT2D eigenvalue weighted by Crippen LogP contribution is 2.30. The normalized spacial score (nSPS) is 11.3. The predicted octanol–water partition coefficient (Wildman–Crippen LogP) is 5.32. The van der Waals surface area contributed by atoms with Gasteiger partial charge in [-0.3, -0.25) is 18.7 Å². The summed E-state index contributed by atoms with van der Waals surface area (Å²) in [7, 11) is 0. The summed E-state index contributed by atoms with van der Waals surface area (Å²) in [5, 5.41) is 0.524. The Morgan fingerprint density at radius 2 is 1.75 bits per heavy atom. The molecule has 0 bridgehead atoms. The molecule has 0 saturated carbocycles. The van der Waals surface area contributed by atoms with E-state index in [0.29, 0.717) is 36.1 Å². The van der Waals surface area contributed by atoms with Crippen LogP contribution in [0.3, 0.4) is 0 Å². The average molecular weight is 450 g/mol. The minimum Gasteiger partial charge on any atom is -0.333 e. The van der Waals surface area contributed by atoms with Crippen molar-refractivity contribution in [3.8, 4) is 5.69 Å². The molecule has 0 fully saturated rings. The van der Waals surface area contributed by atoms with Crippen LogP contribution in [-0.2, 0) is 13.0 Å². The predicted molar refractivity (Wildman–Crippen MR) is 128 cm³/mol. The lowest BCUT2D eigenvalue weighted by atomic mass is 10.1. The summed E-state index contributed by atoms with van der Waals surface area (Å²) in [4.78, 5) is 24.4. The van der Waals surface area contributed by atoms with E-state index in [1.54, 1.807) is 18.6 Å². The second-order valence-corrected chi connectivity index (χ2v) is 8.53. The van der Waals surface area contributed by atoms with Gasteiger partial charge in [0.15, 0.2) is 0 Å². The average Bonchev–Trinajstić information content (AvgIpc) is 3.26. The van der Waals surface area contributed by atoms with Gasteiger partial charge in [-0.25, -0.2) is 4.98 Å². The van der Waals surface area contributed by atoms with E-state index < -0.39 is 0 Å². The van der Waals surface area contributed by atoms with Crippen molar-refractivity contribution in [1.29, 1.82) is 0 Å². The number of halogens is 1. The van der Waals surface area contributed by atoms with Crippen LogP contribution < -0.4 is 0 Å². The second-order valence-electron chi connectivity index (χ2n) is 8.14. The van der Waals surface area contributed by atoms with Crippen LogP contribution in [0.15, 0.2) is 42.9 Å². The molecule has 166 valence electrons. The fourth-order valence-corrected chi connectivity index (χ4v) is 4.65. The molecule has 6 nitrogen and oxygen atoms in total. The molecule has 0 aliphatic carbocycles. The summed E-state index contributed by atoms with van der Waals surface area (Å²) in [5.41, 5.74) is 6.81. The van der Waals surface area contributed by atoms with Gasteiger partial charge in [0.05, 0.1) is 11.4 Å². The van der Waals surface area contributed by atoms with Crippen molar-refractivity contribution in [3.63, 3.8) is 0 Å². The topological polar surface area (TPSA) is 55.4 Å². The lowest BCUT2D eigenvalue weighted by Crippen LogP contribution is -2.31. The highest BCUT2D eigenvalue weighted by Gasteiger charge is 2.27. The van der Waals surface area contributed by atoms with Gasteiger partial charge < -0.3 is 4.90 Å². The van der Waals surface area contributed by atoms with Gasteiger partial charge in [0.2, 0.25) is 5.78 Å². The van der Waals surface area contributed by atoms with E-state index in [1.165, 1.54) is 5.56 Å². The molecule has 0 saturated heterocycles. The summed E-state index contributed by atoms with van der Waals surface area (Å²) < 4.78 is 3.79. The first-order valence-corrected chi connectivity index (χ1v) is 11.3. The minimum absolute atomic E-state index is 0.0557. The van der Waals surface area contributed by atoms with Crippen LogP contribution >= 0.6 is 11.6 Å². The second kappa shape index (κ2) is 8.79. The number of pyridine rings is 1. The molecule has 0 atom stereocenters. The number of rotatable bonds is 6. The van der Waals surface area contributed by atoms with Gasteiger partial charge in [0.25, 0.3) is 5.91 Å². The first-order chi connectivity index (χ1) is 15.3. The molecule has 0 aliphatic heterocycles. The summed E-state index contributed by atoms with van der Waals surface area (Å²) in [6, 6.07) is 8.13. The standard InChI is InChI=1S/C25H28ClN5O/c1-6-20-23(24(32)29(7-2)14-19-8-10-27-11-9-19)30-15-21(26)31(25(30)28-20)22-17(4)12-16(3)13-18(22)5/h8-13,15H,6-7,14H2,1-5H3. The van der Waals surface area contributed by atoms with Gasteiger partial charge in [0.1, 0.15) is 10.8 Å². The van der Waals surface area contributed by atoms with Crippen LogP contribution in [0.4, 0.5) is 0 Å². The van der Waals surface area contributed by atoms with E-state index in [9.17, 15) is 4.79 Å². The van der Waals surface area contributed by atoms with Crippen molar-refractivity contribution in [1.82, 2.24) is 23.8 Å². The van der Waals surface area contributed by atoms with E-state index in [4.69, 9.17) is 16.6 Å². The molecule has 4 rings (SSSR count). The molecule has 1 amide bonds. The van der Waals surface area contributed by atoms with E-state index >= 15 is 0 Å². The van der Waals surface area contributed by atoms with Gasteiger partial charge >= 0.3 is 0 Å². The molecule has 0 radical (unpaired) electrons. The number of carbonyl (C=O) groups excluding carboxylic acids is 1. The summed E-state index contributed by atoms with van der Waals surface area (Å²) in [5.74, 6) is 0.602. The number of amides is 1. The van der Waals surface area contributed by atoms with Gasteiger partial charge in [-0.1, -0.05) is 36.2 Å². The van der Waals surface area contributed by atoms with Crippen LogP contribution in [0.2, 0.25) is 5.15 Å². The molecule has 3 aromatic heterocycles. The Balaban J connectivity index is 1.85. The number of aryl methyl sites for hydroxylation is 4. The molecular formula is C25H28ClN5O. The highest BCUT2D eigenvalue weighted by atomic mass is 35.5. The third-order valence-electron chi connectivity index (χ3n) is 5.80. The molecule has 1 aromatic carbocycles. The molecule has 4 aromatic rings. The van der Waals surface area contributed by atoms with Gasteiger partial charge in [0, 0.05) is 31.7 Å². The zero-order valence-corrected chi connectivity index (χ0v) is 19.9. The highest BCUT2D eigenvalue weighted by molar-refractivity contribution is 6.30. The van der Waals surface area contributed by atoms with Crippen molar-refractivity contribution >= 4 is 23.3 Å². The third kappa shape index (κ3) is 3.79. The lowest BCUT2D eigenvalue weighted by molar-refractivity contribution is 0.0744. The van der Waals surface area contributed by atoms with Crippen molar-refractivity contribution in [3.05, 3.63) is 81.7 Å². The molecule has 3 heterocycles. The Labute approximate surface area is 193 Å². The third-order valence-corrected chi connectivity index (χ3v) is 6.07. The summed E-state index contributed by atoms with van der Waals surface area (Å²) in [6.07, 6.45) is 5.94. The number of aromatic nitrogens is 4. The maximum Gasteiger partial charge on any atom is 0.273 e. The number of nitrogens with zero attached hydrogens (tertiary/aromatic N) is 5. The zero-order chi connectivity index (χ0) is 23.0. The Morgan fingerprint density at radius 1 is 1.09 bits per heavy atom. The molecule has 0 N–H and O–H groups in total. The van der Waals surface area contributed by atoms with Crippen LogP contribution in [-0.4, -0.2) is 36.3 Å². The molecule has 7 heteroatoms. The zero-order valence-electron chi connectivity index (χ0n) is 19.2. The van der Waals surface area contributed by atoms with Gasteiger partial charge in [-0.2, -0.15) is 0 Å². The van der Waals surface area contributed by atoms with E-state index in [-0.39, 0.29) is 5.91 Å². The Morgan fingerprint density at radius 3 is 2.34 bits per heavy atom. The van der Waals surface area contributed by atoms with Crippen LogP contribution in [0, 0.1) is 20.8 Å². The van der Waals surface area contributed by atoms with Gasteiger partial charge in [-0.05, 0) is 62.9 Å². The monoisotopic (exact) mass is 449 g/mol. The minimum atomic E-state index is -0.0557. The molecular weight excluding hydrogens is 422 g/mol. The molecule has 0 unspecified atom stereocenters. The Kier molecular flexibility index (Phi) is 6.07. The number of imidazole rings is 2. The maximum atomic E-state index is 13.7. The lowest BCUT2D eigenvalue weighted by Gasteiger charge is -2.21. The maximum absolute atomic E-state index is 13.7. The number of benzene rings is 1. The smallest absolute Gasteiger partial charge is 0.273 e. The van der Waals surface area contributed by atoms with Gasteiger partial charge in [-0.15, -0.1) is 0 Å². The van der Waals surface area contributed by atoms with Crippen LogP contribution in [0.25, 0.3) is 11.5 Å². The Bertz CT molecular complexity index is 1270. The number of hydrogen-bond donors (Lipinski definition) is 0. The molecule has 0 aliphatic rings.